The van der Waals surface area contributed by atoms with Crippen LogP contribution in [0.3, 0.4) is 0 Å². The summed E-state index contributed by atoms with van der Waals surface area (Å²) < 4.78 is 11.4. The summed E-state index contributed by atoms with van der Waals surface area (Å²) in [6.07, 6.45) is 2.40. The molecule has 0 saturated heterocycles. The number of carbonyl (C=O) groups excluding carboxylic acids is 1. The monoisotopic (exact) mass is 382 g/mol. The first-order chi connectivity index (χ1) is 13.5. The summed E-state index contributed by atoms with van der Waals surface area (Å²) in [5.74, 6) is -0.0640. The molecule has 0 unspecified atom stereocenters. The number of nitrogens with zero attached hydrogens (tertiary/aromatic N) is 2. The Balaban J connectivity index is 1.64. The second kappa shape index (κ2) is 6.91. The number of fused-ring (bicyclic) bond motifs is 1. The van der Waals surface area contributed by atoms with Gasteiger partial charge in [0.25, 0.3) is 11.5 Å². The first kappa shape index (κ1) is 17.3. The summed E-state index contributed by atoms with van der Waals surface area (Å²) in [6, 6.07) is 7.86. The van der Waals surface area contributed by atoms with Crippen LogP contribution in [0, 0.1) is 0 Å². The Kier molecular flexibility index (Phi) is 4.28. The van der Waals surface area contributed by atoms with Crippen LogP contribution in [0.4, 0.5) is 5.82 Å². The number of ether oxygens (including phenoxy) is 2. The molecule has 10 nitrogen and oxygen atoms in total. The van der Waals surface area contributed by atoms with Gasteiger partial charge in [-0.2, -0.15) is 0 Å². The largest absolute Gasteiger partial charge is 0.504 e. The van der Waals surface area contributed by atoms with Crippen molar-refractivity contribution in [1.29, 1.82) is 0 Å². The lowest BCUT2D eigenvalue weighted by atomic mass is 10.2. The molecule has 0 radical (unpaired) electrons. The van der Waals surface area contributed by atoms with Crippen molar-refractivity contribution in [2.45, 2.75) is 6.54 Å². The Hall–Kier alpha value is -4.08. The van der Waals surface area contributed by atoms with Gasteiger partial charge in [0, 0.05) is 12.4 Å². The fourth-order valence-electron chi connectivity index (χ4n) is 2.71. The minimum absolute atomic E-state index is 0.0687. The van der Waals surface area contributed by atoms with Crippen LogP contribution in [0.2, 0.25) is 0 Å². The van der Waals surface area contributed by atoms with Crippen LogP contribution in [-0.4, -0.2) is 32.3 Å². The molecule has 4 rings (SSSR count). The minimum atomic E-state index is -0.810. The molecule has 3 aromatic rings. The molecule has 28 heavy (non-hydrogen) atoms. The first-order valence-electron chi connectivity index (χ1n) is 8.19. The maximum atomic E-state index is 12.7. The van der Waals surface area contributed by atoms with E-state index in [2.05, 4.69) is 15.3 Å². The lowest BCUT2D eigenvalue weighted by Gasteiger charge is -2.09. The van der Waals surface area contributed by atoms with Crippen molar-refractivity contribution in [3.05, 3.63) is 74.7 Å². The van der Waals surface area contributed by atoms with E-state index in [0.29, 0.717) is 17.1 Å². The van der Waals surface area contributed by atoms with E-state index in [-0.39, 0.29) is 30.5 Å². The van der Waals surface area contributed by atoms with Gasteiger partial charge in [0.1, 0.15) is 5.56 Å². The Morgan fingerprint density at radius 3 is 2.89 bits per heavy atom. The Bertz CT molecular complexity index is 1180. The SMILES string of the molecule is O=C(Nc1ncccc1O)c1c[nH]c(=O)n(Cc2ccc3c(c2)OCO3)c1=O. The fraction of sp³-hybridized carbons (Fsp3) is 0.111. The van der Waals surface area contributed by atoms with Crippen LogP contribution in [0.5, 0.6) is 17.2 Å². The van der Waals surface area contributed by atoms with Gasteiger partial charge in [0.2, 0.25) is 6.79 Å². The Labute approximate surface area is 157 Å². The summed E-state index contributed by atoms with van der Waals surface area (Å²) in [6.45, 7) is 0.0378. The number of hydrogen-bond acceptors (Lipinski definition) is 7. The van der Waals surface area contributed by atoms with Crippen LogP contribution < -0.4 is 26.0 Å². The van der Waals surface area contributed by atoms with E-state index >= 15 is 0 Å². The van der Waals surface area contributed by atoms with Crippen molar-refractivity contribution in [3.63, 3.8) is 0 Å². The molecule has 1 aromatic carbocycles. The zero-order valence-corrected chi connectivity index (χ0v) is 14.3. The number of pyridine rings is 1. The number of H-pyrrole nitrogens is 1. The van der Waals surface area contributed by atoms with Gasteiger partial charge in [-0.15, -0.1) is 0 Å². The van der Waals surface area contributed by atoms with Gasteiger partial charge in [-0.1, -0.05) is 6.07 Å². The summed E-state index contributed by atoms with van der Waals surface area (Å²) >= 11 is 0. The van der Waals surface area contributed by atoms with Gasteiger partial charge in [-0.25, -0.2) is 9.78 Å². The van der Waals surface area contributed by atoms with Gasteiger partial charge < -0.3 is 24.9 Å². The van der Waals surface area contributed by atoms with Gasteiger partial charge in [-0.05, 0) is 29.8 Å². The molecule has 10 heteroatoms. The molecular formula is C18H14N4O6. The number of aromatic nitrogens is 3. The maximum absolute atomic E-state index is 12.7. The maximum Gasteiger partial charge on any atom is 0.328 e. The highest BCUT2D eigenvalue weighted by molar-refractivity contribution is 6.03. The van der Waals surface area contributed by atoms with Crippen LogP contribution in [0.1, 0.15) is 15.9 Å². The molecule has 0 saturated carbocycles. The minimum Gasteiger partial charge on any atom is -0.504 e. The number of anilines is 1. The zero-order valence-electron chi connectivity index (χ0n) is 14.3. The Morgan fingerprint density at radius 2 is 2.07 bits per heavy atom. The molecule has 1 amide bonds. The highest BCUT2D eigenvalue weighted by atomic mass is 16.7. The predicted molar refractivity (Wildman–Crippen MR) is 96.8 cm³/mol. The highest BCUT2D eigenvalue weighted by Crippen LogP contribution is 2.32. The number of aromatic amines is 1. The van der Waals surface area contributed by atoms with E-state index in [1.165, 1.54) is 18.3 Å². The molecule has 0 bridgehead atoms. The number of rotatable bonds is 4. The lowest BCUT2D eigenvalue weighted by molar-refractivity contribution is 0.102. The fourth-order valence-corrected chi connectivity index (χ4v) is 2.71. The number of benzene rings is 1. The second-order valence-electron chi connectivity index (χ2n) is 5.91. The lowest BCUT2D eigenvalue weighted by Crippen LogP contribution is -2.39. The average molecular weight is 382 g/mol. The van der Waals surface area contributed by atoms with Crippen molar-refractivity contribution >= 4 is 11.7 Å². The molecule has 1 aliphatic rings. The molecule has 0 atom stereocenters. The van der Waals surface area contributed by atoms with Crippen molar-refractivity contribution < 1.29 is 19.4 Å². The molecular weight excluding hydrogens is 368 g/mol. The molecule has 142 valence electrons. The number of amides is 1. The number of hydrogen-bond donors (Lipinski definition) is 3. The van der Waals surface area contributed by atoms with E-state index in [4.69, 9.17) is 9.47 Å². The molecule has 3 N–H and O–H groups in total. The quantitative estimate of drug-likeness (QED) is 0.603. The van der Waals surface area contributed by atoms with E-state index in [9.17, 15) is 19.5 Å². The summed E-state index contributed by atoms with van der Waals surface area (Å²) in [7, 11) is 0. The molecule has 0 fully saturated rings. The zero-order chi connectivity index (χ0) is 19.7. The molecule has 3 heterocycles. The van der Waals surface area contributed by atoms with E-state index in [0.717, 1.165) is 10.8 Å². The van der Waals surface area contributed by atoms with Crippen LogP contribution in [0.15, 0.2) is 52.3 Å². The second-order valence-corrected chi connectivity index (χ2v) is 5.91. The van der Waals surface area contributed by atoms with Crippen LogP contribution >= 0.6 is 0 Å². The molecule has 2 aromatic heterocycles. The van der Waals surface area contributed by atoms with Crippen molar-refractivity contribution in [1.82, 2.24) is 14.5 Å². The molecule has 0 aliphatic carbocycles. The summed E-state index contributed by atoms with van der Waals surface area (Å²) in [4.78, 5) is 43.4. The van der Waals surface area contributed by atoms with Crippen molar-refractivity contribution in [2.24, 2.45) is 0 Å². The third-order valence-electron chi connectivity index (χ3n) is 4.10. The van der Waals surface area contributed by atoms with Gasteiger partial charge in [0.05, 0.1) is 6.54 Å². The standard InChI is InChI=1S/C18H14N4O6/c23-12-2-1-5-19-15(12)21-16(24)11-7-20-18(26)22(17(11)25)8-10-3-4-13-14(6-10)28-9-27-13/h1-7,23H,8-9H2,(H,20,26)(H,19,21,24). The van der Waals surface area contributed by atoms with E-state index in [1.807, 2.05) is 0 Å². The third kappa shape index (κ3) is 3.18. The van der Waals surface area contributed by atoms with Gasteiger partial charge in [-0.3, -0.25) is 14.2 Å². The summed E-state index contributed by atoms with van der Waals surface area (Å²) in [5, 5.41) is 12.0. The van der Waals surface area contributed by atoms with E-state index in [1.54, 1.807) is 18.2 Å². The number of carbonyl (C=O) groups is 1. The number of aromatic hydroxyl groups is 1. The normalized spacial score (nSPS) is 12.0. The predicted octanol–water partition coefficient (Wildman–Crippen LogP) is 0.666. The smallest absolute Gasteiger partial charge is 0.328 e. The topological polar surface area (TPSA) is 136 Å². The van der Waals surface area contributed by atoms with E-state index < -0.39 is 17.2 Å². The number of nitrogens with one attached hydrogen (secondary N) is 2. The third-order valence-corrected chi connectivity index (χ3v) is 4.10. The van der Waals surface area contributed by atoms with Crippen molar-refractivity contribution in [3.8, 4) is 17.2 Å². The summed E-state index contributed by atoms with van der Waals surface area (Å²) in [5.41, 5.74) is -1.13. The Morgan fingerprint density at radius 1 is 1.25 bits per heavy atom. The van der Waals surface area contributed by atoms with Gasteiger partial charge >= 0.3 is 5.69 Å². The van der Waals surface area contributed by atoms with Gasteiger partial charge in [0.15, 0.2) is 23.1 Å². The van der Waals surface area contributed by atoms with Crippen molar-refractivity contribution in [2.75, 3.05) is 12.1 Å². The van der Waals surface area contributed by atoms with Crippen LogP contribution in [-0.2, 0) is 6.54 Å². The molecule has 1 aliphatic heterocycles. The average Bonchev–Trinajstić information content (AvgIpc) is 3.14. The molecule has 0 spiro atoms. The highest BCUT2D eigenvalue weighted by Gasteiger charge is 2.18. The first-order valence-corrected chi connectivity index (χ1v) is 8.19. The van der Waals surface area contributed by atoms with Crippen LogP contribution in [0.25, 0.3) is 0 Å².